The lowest BCUT2D eigenvalue weighted by molar-refractivity contribution is -0.122. The second-order valence-electron chi connectivity index (χ2n) is 11.4. The van der Waals surface area contributed by atoms with Crippen LogP contribution in [0.3, 0.4) is 0 Å². The van der Waals surface area contributed by atoms with Gasteiger partial charge in [0.25, 0.3) is 5.91 Å². The predicted molar refractivity (Wildman–Crippen MR) is 165 cm³/mol. The van der Waals surface area contributed by atoms with Crippen molar-refractivity contribution in [1.82, 2.24) is 24.7 Å². The molecular formula is C29H47N5O7S2. The molecule has 0 spiro atoms. The Morgan fingerprint density at radius 3 is 2.44 bits per heavy atom. The van der Waals surface area contributed by atoms with E-state index in [1.807, 2.05) is 25.1 Å². The van der Waals surface area contributed by atoms with Crippen LogP contribution in [0, 0.1) is 5.92 Å². The molecule has 12 nitrogen and oxygen atoms in total. The maximum absolute atomic E-state index is 13.5. The van der Waals surface area contributed by atoms with E-state index in [4.69, 9.17) is 0 Å². The number of aliphatic hydroxyl groups is 2. The van der Waals surface area contributed by atoms with E-state index in [9.17, 15) is 31.8 Å². The Balaban J connectivity index is 1.77. The number of hydrogen-bond acceptors (Lipinski definition) is 9. The number of aryl methyl sites for hydroxylation is 1. The van der Waals surface area contributed by atoms with Crippen LogP contribution < -0.4 is 14.8 Å². The Labute approximate surface area is 255 Å². The van der Waals surface area contributed by atoms with Gasteiger partial charge in [0.2, 0.25) is 20.0 Å². The summed E-state index contributed by atoms with van der Waals surface area (Å²) in [5, 5.41) is 25.2. The molecule has 242 valence electrons. The van der Waals surface area contributed by atoms with E-state index in [1.165, 1.54) is 6.33 Å². The molecule has 2 aromatic rings. The van der Waals surface area contributed by atoms with E-state index < -0.39 is 56.0 Å². The van der Waals surface area contributed by atoms with E-state index in [0.29, 0.717) is 18.5 Å². The van der Waals surface area contributed by atoms with E-state index in [1.54, 1.807) is 18.3 Å². The first-order valence-electron chi connectivity index (χ1n) is 15.1. The third-order valence-corrected chi connectivity index (χ3v) is 10.5. The van der Waals surface area contributed by atoms with Crippen LogP contribution in [0.5, 0.6) is 0 Å². The standard InChI is InChI=1S/C29H47N5O7S2/c1-2-3-15-32-43(40,41)20-27(35)28(36)25(17-23-12-8-5-9-13-23)33-26(18-24-19-30-21-31-24)29(37)34-42(38,39)16-14-22-10-6-4-7-11-22/h4,6-7,10-11,19,21,23,25-28,32-33,35-36H,2-3,5,8-9,12-18,20H2,1H3,(H,30,31)(H,34,37)/t25-,26+,27-,28+/m1/s1. The number of aliphatic hydroxyl groups excluding tert-OH is 2. The number of sulfonamides is 2. The zero-order valence-corrected chi connectivity index (χ0v) is 26.5. The van der Waals surface area contributed by atoms with Crippen molar-refractivity contribution in [3.05, 3.63) is 54.1 Å². The van der Waals surface area contributed by atoms with Crippen molar-refractivity contribution in [2.45, 2.75) is 95.4 Å². The summed E-state index contributed by atoms with van der Waals surface area (Å²) in [5.41, 5.74) is 1.30. The maximum atomic E-state index is 13.5. The van der Waals surface area contributed by atoms with Crippen LogP contribution in [0.25, 0.3) is 0 Å². The van der Waals surface area contributed by atoms with Gasteiger partial charge < -0.3 is 20.5 Å². The number of rotatable bonds is 19. The summed E-state index contributed by atoms with van der Waals surface area (Å²) >= 11 is 0. The molecule has 0 radical (unpaired) electrons. The third kappa shape index (κ3) is 12.6. The predicted octanol–water partition coefficient (Wildman–Crippen LogP) is 1.38. The van der Waals surface area contributed by atoms with Gasteiger partial charge in [-0.1, -0.05) is 75.8 Å². The Hall–Kier alpha value is -2.36. The molecule has 1 heterocycles. The monoisotopic (exact) mass is 641 g/mol. The van der Waals surface area contributed by atoms with Crippen molar-refractivity contribution < 1.29 is 31.8 Å². The van der Waals surface area contributed by atoms with Crippen molar-refractivity contribution in [2.24, 2.45) is 5.92 Å². The van der Waals surface area contributed by atoms with Crippen LogP contribution in [-0.2, 0) is 37.7 Å². The van der Waals surface area contributed by atoms with E-state index >= 15 is 0 Å². The summed E-state index contributed by atoms with van der Waals surface area (Å²) in [7, 11) is -7.87. The van der Waals surface area contributed by atoms with Gasteiger partial charge in [-0.2, -0.15) is 0 Å². The zero-order chi connectivity index (χ0) is 31.3. The number of amides is 1. The number of aromatic amines is 1. The van der Waals surface area contributed by atoms with Crippen molar-refractivity contribution in [3.63, 3.8) is 0 Å². The summed E-state index contributed by atoms with van der Waals surface area (Å²) in [6, 6.07) is 7.04. The molecule has 14 heteroatoms. The minimum atomic E-state index is -4.00. The molecule has 1 amide bonds. The molecule has 1 aromatic heterocycles. The molecule has 43 heavy (non-hydrogen) atoms. The summed E-state index contributed by atoms with van der Waals surface area (Å²) < 4.78 is 55.5. The molecule has 4 atom stereocenters. The topological polar surface area (TPSA) is 191 Å². The van der Waals surface area contributed by atoms with Crippen LogP contribution in [-0.4, -0.2) is 85.3 Å². The summed E-state index contributed by atoms with van der Waals surface area (Å²) in [6.07, 6.45) is 6.84. The fraction of sp³-hybridized carbons (Fsp3) is 0.655. The first-order chi connectivity index (χ1) is 20.5. The van der Waals surface area contributed by atoms with E-state index in [2.05, 4.69) is 24.7 Å². The number of aromatic nitrogens is 2. The number of nitrogens with zero attached hydrogens (tertiary/aromatic N) is 1. The summed E-state index contributed by atoms with van der Waals surface area (Å²) in [6.45, 7) is 2.16. The fourth-order valence-corrected chi connectivity index (χ4v) is 7.69. The highest BCUT2D eigenvalue weighted by atomic mass is 32.2. The summed E-state index contributed by atoms with van der Waals surface area (Å²) in [5.74, 6) is -1.63. The van der Waals surface area contributed by atoms with Gasteiger partial charge in [-0.15, -0.1) is 0 Å². The average Bonchev–Trinajstić information content (AvgIpc) is 3.49. The van der Waals surface area contributed by atoms with Crippen LogP contribution >= 0.6 is 0 Å². The molecule has 0 unspecified atom stereocenters. The number of imidazole rings is 1. The van der Waals surface area contributed by atoms with Gasteiger partial charge in [-0.05, 0) is 30.7 Å². The van der Waals surface area contributed by atoms with Gasteiger partial charge in [-0.25, -0.2) is 26.5 Å². The third-order valence-electron chi connectivity index (χ3n) is 7.82. The van der Waals surface area contributed by atoms with Crippen LogP contribution in [0.1, 0.15) is 69.5 Å². The largest absolute Gasteiger partial charge is 0.389 e. The molecule has 0 aliphatic heterocycles. The molecule has 1 saturated carbocycles. The molecule has 3 rings (SSSR count). The highest BCUT2D eigenvalue weighted by molar-refractivity contribution is 7.90. The average molecular weight is 642 g/mol. The Bertz CT molecular complexity index is 1300. The van der Waals surface area contributed by atoms with Gasteiger partial charge in [0.15, 0.2) is 0 Å². The van der Waals surface area contributed by atoms with Crippen molar-refractivity contribution in [3.8, 4) is 0 Å². The SMILES string of the molecule is CCCCNS(=O)(=O)C[C@@H](O)[C@@H](O)[C@@H](CC1CCCCC1)N[C@@H](Cc1c[nH]cn1)C(=O)NS(=O)(=O)CCc1ccccc1. The lowest BCUT2D eigenvalue weighted by Crippen LogP contribution is -2.57. The number of hydrogen-bond donors (Lipinski definition) is 6. The number of nitrogens with one attached hydrogen (secondary N) is 4. The van der Waals surface area contributed by atoms with Crippen LogP contribution in [0.4, 0.5) is 0 Å². The lowest BCUT2D eigenvalue weighted by atomic mass is 9.83. The second-order valence-corrected chi connectivity index (χ2v) is 15.1. The number of H-pyrrole nitrogens is 1. The molecule has 1 aliphatic rings. The smallest absolute Gasteiger partial charge is 0.250 e. The quantitative estimate of drug-likeness (QED) is 0.123. The molecular weight excluding hydrogens is 594 g/mol. The fourth-order valence-electron chi connectivity index (χ4n) is 5.41. The van der Waals surface area contributed by atoms with Gasteiger partial charge in [0.05, 0.1) is 41.8 Å². The van der Waals surface area contributed by atoms with Crippen molar-refractivity contribution in [2.75, 3.05) is 18.1 Å². The minimum Gasteiger partial charge on any atom is -0.389 e. The molecule has 1 aliphatic carbocycles. The maximum Gasteiger partial charge on any atom is 0.250 e. The minimum absolute atomic E-state index is 0.00436. The Morgan fingerprint density at radius 1 is 1.07 bits per heavy atom. The second kappa shape index (κ2) is 17.2. The molecule has 1 aromatic carbocycles. The molecule has 0 saturated heterocycles. The molecule has 0 bridgehead atoms. The summed E-state index contributed by atoms with van der Waals surface area (Å²) in [4.78, 5) is 20.4. The number of unbranched alkanes of at least 4 members (excludes halogenated alkanes) is 1. The van der Waals surface area contributed by atoms with Gasteiger partial charge in [0, 0.05) is 25.2 Å². The van der Waals surface area contributed by atoms with Gasteiger partial charge >= 0.3 is 0 Å². The van der Waals surface area contributed by atoms with Gasteiger partial charge in [-0.3, -0.25) is 9.52 Å². The van der Waals surface area contributed by atoms with Crippen molar-refractivity contribution >= 4 is 26.0 Å². The lowest BCUT2D eigenvalue weighted by Gasteiger charge is -2.34. The zero-order valence-electron chi connectivity index (χ0n) is 24.8. The number of carbonyl (C=O) groups excluding carboxylic acids is 1. The Morgan fingerprint density at radius 2 is 1.79 bits per heavy atom. The van der Waals surface area contributed by atoms with E-state index in [0.717, 1.165) is 44.1 Å². The Kier molecular flexibility index (Phi) is 14.1. The highest BCUT2D eigenvalue weighted by Crippen LogP contribution is 2.29. The first kappa shape index (κ1) is 35.1. The molecule has 6 N–H and O–H groups in total. The van der Waals surface area contributed by atoms with E-state index in [-0.39, 0.29) is 31.1 Å². The van der Waals surface area contributed by atoms with Crippen LogP contribution in [0.15, 0.2) is 42.9 Å². The number of carbonyl (C=O) groups is 1. The normalized spacial score (nSPS) is 17.7. The van der Waals surface area contributed by atoms with Gasteiger partial charge in [0.1, 0.15) is 0 Å². The molecule has 1 fully saturated rings. The van der Waals surface area contributed by atoms with Crippen LogP contribution in [0.2, 0.25) is 0 Å². The highest BCUT2D eigenvalue weighted by Gasteiger charge is 2.35. The number of benzene rings is 1. The first-order valence-corrected chi connectivity index (χ1v) is 18.4. The van der Waals surface area contributed by atoms with Crippen molar-refractivity contribution in [1.29, 1.82) is 0 Å².